The monoisotopic (exact) mass is 268 g/mol. The largest absolute Gasteiger partial charge is 0.391 e. The number of hydrogen-bond donors (Lipinski definition) is 2. The van der Waals surface area contributed by atoms with Crippen LogP contribution >= 0.6 is 12.2 Å². The molecule has 0 spiro atoms. The van der Waals surface area contributed by atoms with Gasteiger partial charge in [-0.3, -0.25) is 4.79 Å². The summed E-state index contributed by atoms with van der Waals surface area (Å²) < 4.78 is 13.2. The van der Waals surface area contributed by atoms with Crippen LogP contribution in [0.4, 0.5) is 4.39 Å². The Morgan fingerprint density at radius 1 is 1.50 bits per heavy atom. The zero-order valence-corrected chi connectivity index (χ0v) is 11.5. The molecule has 1 aromatic rings. The normalized spacial score (nSPS) is 13.8. The summed E-state index contributed by atoms with van der Waals surface area (Å²) in [7, 11) is 0. The highest BCUT2D eigenvalue weighted by Gasteiger charge is 2.28. The molecule has 1 rings (SSSR count). The fourth-order valence-corrected chi connectivity index (χ4v) is 1.71. The van der Waals surface area contributed by atoms with Gasteiger partial charge in [0.2, 0.25) is 0 Å². The Labute approximate surface area is 112 Å². The average molecular weight is 268 g/mol. The summed E-state index contributed by atoms with van der Waals surface area (Å²) in [6.07, 6.45) is 0.572. The molecule has 0 heterocycles. The van der Waals surface area contributed by atoms with Crippen molar-refractivity contribution in [1.29, 1.82) is 0 Å². The highest BCUT2D eigenvalue weighted by atomic mass is 32.1. The third-order valence-electron chi connectivity index (χ3n) is 2.94. The van der Waals surface area contributed by atoms with Crippen molar-refractivity contribution < 1.29 is 9.18 Å². The van der Waals surface area contributed by atoms with Crippen LogP contribution in [0.3, 0.4) is 0 Å². The molecule has 0 saturated heterocycles. The van der Waals surface area contributed by atoms with Crippen molar-refractivity contribution in [3.63, 3.8) is 0 Å². The standard InChI is InChI=1S/C13H17FN2OS/c1-4-13(3,12(15)18)16-11(17)9-5-8(2)6-10(14)7-9/h5-7H,4H2,1-3H3,(H2,15,18)(H,16,17). The van der Waals surface area contributed by atoms with Crippen LogP contribution in [-0.2, 0) is 0 Å². The van der Waals surface area contributed by atoms with Crippen LogP contribution in [0.1, 0.15) is 36.2 Å². The molecule has 0 aliphatic heterocycles. The number of nitrogens with one attached hydrogen (secondary N) is 1. The summed E-state index contributed by atoms with van der Waals surface area (Å²) in [6, 6.07) is 4.18. The topological polar surface area (TPSA) is 55.1 Å². The zero-order valence-electron chi connectivity index (χ0n) is 10.7. The average Bonchev–Trinajstić information content (AvgIpc) is 2.27. The predicted octanol–water partition coefficient (Wildman–Crippen LogP) is 2.32. The summed E-state index contributed by atoms with van der Waals surface area (Å²) in [4.78, 5) is 12.2. The second kappa shape index (κ2) is 5.44. The van der Waals surface area contributed by atoms with Gasteiger partial charge in [-0.25, -0.2) is 4.39 Å². The van der Waals surface area contributed by atoms with E-state index in [9.17, 15) is 9.18 Å². The lowest BCUT2D eigenvalue weighted by Gasteiger charge is -2.28. The smallest absolute Gasteiger partial charge is 0.252 e. The van der Waals surface area contributed by atoms with E-state index in [4.69, 9.17) is 18.0 Å². The molecule has 0 fully saturated rings. The van der Waals surface area contributed by atoms with Crippen LogP contribution in [-0.4, -0.2) is 16.4 Å². The number of rotatable bonds is 4. The highest BCUT2D eigenvalue weighted by Crippen LogP contribution is 2.13. The number of hydrogen-bond acceptors (Lipinski definition) is 2. The van der Waals surface area contributed by atoms with E-state index in [1.807, 2.05) is 6.92 Å². The lowest BCUT2D eigenvalue weighted by molar-refractivity contribution is 0.0926. The fourth-order valence-electron chi connectivity index (χ4n) is 1.51. The molecule has 3 N–H and O–H groups in total. The minimum Gasteiger partial charge on any atom is -0.391 e. The number of carbonyl (C=O) groups excluding carboxylic acids is 1. The summed E-state index contributed by atoms with van der Waals surface area (Å²) in [5.74, 6) is -0.816. The van der Waals surface area contributed by atoms with E-state index in [1.165, 1.54) is 12.1 Å². The number of aryl methyl sites for hydroxylation is 1. The number of halogens is 1. The molecule has 1 aromatic carbocycles. The second-order valence-electron chi connectivity index (χ2n) is 4.52. The quantitative estimate of drug-likeness (QED) is 0.824. The lowest BCUT2D eigenvalue weighted by Crippen LogP contribution is -2.54. The SMILES string of the molecule is CCC(C)(NC(=O)c1cc(C)cc(F)c1)C(N)=S. The van der Waals surface area contributed by atoms with Gasteiger partial charge < -0.3 is 11.1 Å². The van der Waals surface area contributed by atoms with E-state index in [1.54, 1.807) is 19.9 Å². The molecular formula is C13H17FN2OS. The van der Waals surface area contributed by atoms with Crippen molar-refractivity contribution in [3.05, 3.63) is 35.1 Å². The van der Waals surface area contributed by atoms with Gasteiger partial charge in [0, 0.05) is 5.56 Å². The molecule has 0 radical (unpaired) electrons. The zero-order chi connectivity index (χ0) is 13.9. The first-order valence-electron chi connectivity index (χ1n) is 5.68. The third-order valence-corrected chi connectivity index (χ3v) is 3.40. The van der Waals surface area contributed by atoms with Crippen molar-refractivity contribution in [2.24, 2.45) is 5.73 Å². The maximum Gasteiger partial charge on any atom is 0.252 e. The summed E-state index contributed by atoms with van der Waals surface area (Å²) in [5.41, 5.74) is 5.81. The Morgan fingerprint density at radius 2 is 2.11 bits per heavy atom. The molecule has 0 aliphatic carbocycles. The van der Waals surface area contributed by atoms with Gasteiger partial charge in [0.25, 0.3) is 5.91 Å². The highest BCUT2D eigenvalue weighted by molar-refractivity contribution is 7.80. The predicted molar refractivity (Wildman–Crippen MR) is 74.1 cm³/mol. The Morgan fingerprint density at radius 3 is 2.56 bits per heavy atom. The maximum absolute atomic E-state index is 13.2. The van der Waals surface area contributed by atoms with Crippen molar-refractivity contribution in [3.8, 4) is 0 Å². The number of benzene rings is 1. The first-order chi connectivity index (χ1) is 8.28. The summed E-state index contributed by atoms with van der Waals surface area (Å²) >= 11 is 4.94. The Hall–Kier alpha value is -1.49. The van der Waals surface area contributed by atoms with Gasteiger partial charge in [0.05, 0.1) is 10.5 Å². The molecule has 1 amide bonds. The van der Waals surface area contributed by atoms with E-state index in [0.29, 0.717) is 12.0 Å². The third kappa shape index (κ3) is 3.26. The minimum atomic E-state index is -0.757. The molecule has 0 aliphatic rings. The maximum atomic E-state index is 13.2. The van der Waals surface area contributed by atoms with E-state index >= 15 is 0 Å². The van der Waals surface area contributed by atoms with E-state index in [-0.39, 0.29) is 16.5 Å². The molecule has 0 bridgehead atoms. The van der Waals surface area contributed by atoms with Crippen molar-refractivity contribution in [2.45, 2.75) is 32.7 Å². The van der Waals surface area contributed by atoms with E-state index in [0.717, 1.165) is 0 Å². The van der Waals surface area contributed by atoms with Crippen molar-refractivity contribution in [1.82, 2.24) is 5.32 Å². The molecule has 0 aromatic heterocycles. The van der Waals surface area contributed by atoms with Crippen molar-refractivity contribution in [2.75, 3.05) is 0 Å². The van der Waals surface area contributed by atoms with Crippen LogP contribution in [0.2, 0.25) is 0 Å². The first kappa shape index (κ1) is 14.6. The number of amides is 1. The van der Waals surface area contributed by atoms with Crippen LogP contribution < -0.4 is 11.1 Å². The van der Waals surface area contributed by atoms with Crippen LogP contribution in [0, 0.1) is 12.7 Å². The van der Waals surface area contributed by atoms with Crippen LogP contribution in [0.25, 0.3) is 0 Å². The first-order valence-corrected chi connectivity index (χ1v) is 6.09. The molecule has 1 unspecified atom stereocenters. The number of thiocarbonyl (C=S) groups is 1. The summed E-state index contributed by atoms with van der Waals surface area (Å²) in [5, 5.41) is 2.74. The molecular weight excluding hydrogens is 251 g/mol. The van der Waals surface area contributed by atoms with Crippen LogP contribution in [0.5, 0.6) is 0 Å². The molecule has 18 heavy (non-hydrogen) atoms. The van der Waals surface area contributed by atoms with Gasteiger partial charge in [-0.15, -0.1) is 0 Å². The van der Waals surface area contributed by atoms with Gasteiger partial charge in [0.15, 0.2) is 0 Å². The van der Waals surface area contributed by atoms with Gasteiger partial charge in [-0.2, -0.15) is 0 Å². The Bertz CT molecular complexity index is 470. The van der Waals surface area contributed by atoms with Crippen LogP contribution in [0.15, 0.2) is 18.2 Å². The molecule has 1 atom stereocenters. The van der Waals surface area contributed by atoms with Gasteiger partial charge >= 0.3 is 0 Å². The van der Waals surface area contributed by atoms with Gasteiger partial charge in [-0.1, -0.05) is 19.1 Å². The Kier molecular flexibility index (Phi) is 4.40. The Balaban J connectivity index is 2.98. The van der Waals surface area contributed by atoms with E-state index < -0.39 is 11.4 Å². The number of nitrogens with two attached hydrogens (primary N) is 1. The lowest BCUT2D eigenvalue weighted by atomic mass is 9.98. The molecule has 98 valence electrons. The van der Waals surface area contributed by atoms with Crippen molar-refractivity contribution >= 4 is 23.1 Å². The minimum absolute atomic E-state index is 0.214. The molecule has 3 nitrogen and oxygen atoms in total. The number of carbonyl (C=O) groups is 1. The van der Waals surface area contributed by atoms with Gasteiger partial charge in [0.1, 0.15) is 5.82 Å². The molecule has 0 saturated carbocycles. The summed E-state index contributed by atoms with van der Waals surface area (Å²) in [6.45, 7) is 5.35. The fraction of sp³-hybridized carbons (Fsp3) is 0.385. The van der Waals surface area contributed by atoms with Gasteiger partial charge in [-0.05, 0) is 44.0 Å². The molecule has 5 heteroatoms. The second-order valence-corrected chi connectivity index (χ2v) is 4.96. The van der Waals surface area contributed by atoms with E-state index in [2.05, 4.69) is 5.32 Å².